The van der Waals surface area contributed by atoms with Gasteiger partial charge in [0.2, 0.25) is 0 Å². The first-order valence-corrected chi connectivity index (χ1v) is 23.2. The Balaban J connectivity index is 1.16. The van der Waals surface area contributed by atoms with Crippen molar-refractivity contribution in [3.63, 3.8) is 0 Å². The van der Waals surface area contributed by atoms with E-state index in [4.69, 9.17) is 0 Å². The van der Waals surface area contributed by atoms with Crippen molar-refractivity contribution in [3.8, 4) is 27.9 Å². The van der Waals surface area contributed by atoms with Crippen LogP contribution in [0.25, 0.3) is 69.9 Å². The molecule has 0 unspecified atom stereocenters. The van der Waals surface area contributed by atoms with Crippen LogP contribution >= 0.6 is 11.3 Å². The lowest BCUT2D eigenvalue weighted by atomic mass is 9.57. The van der Waals surface area contributed by atoms with Gasteiger partial charge in [-0.05, 0) is 128 Å². The topological polar surface area (TPSA) is 17.0 Å². The predicted molar refractivity (Wildman–Crippen MR) is 267 cm³/mol. The number of hydrogen-bond acceptors (Lipinski definition) is 2. The van der Waals surface area contributed by atoms with Crippen molar-refractivity contribution >= 4 is 82.9 Å². The van der Waals surface area contributed by atoms with Gasteiger partial charge in [-0.25, -0.2) is 0 Å². The molecule has 0 saturated heterocycles. The maximum atomic E-state index is 4.03. The quantitative estimate of drug-likeness (QED) is 0.176. The van der Waals surface area contributed by atoms with Crippen LogP contribution in [0.2, 0.25) is 0 Å². The first kappa shape index (κ1) is 37.2. The molecular formula is C57H53BN2S. The second-order valence-electron chi connectivity index (χ2n) is 21.3. The van der Waals surface area contributed by atoms with Crippen LogP contribution in [0.4, 0.5) is 11.4 Å². The maximum absolute atomic E-state index is 4.03. The van der Waals surface area contributed by atoms with Crippen molar-refractivity contribution in [1.82, 2.24) is 4.57 Å². The Morgan fingerprint density at radius 1 is 0.574 bits per heavy atom. The Hall–Kier alpha value is -5.58. The van der Waals surface area contributed by atoms with E-state index >= 15 is 0 Å². The Labute approximate surface area is 364 Å². The molecule has 0 fully saturated rings. The summed E-state index contributed by atoms with van der Waals surface area (Å²) in [5.41, 5.74) is 21.8. The highest BCUT2D eigenvalue weighted by Gasteiger charge is 2.40. The maximum Gasteiger partial charge on any atom is 0.198 e. The van der Waals surface area contributed by atoms with Crippen LogP contribution in [0.15, 0.2) is 121 Å². The normalized spacial score (nSPS) is 16.7. The molecule has 2 aromatic heterocycles. The molecule has 3 aliphatic rings. The number of nitrogens with one attached hydrogen (secondary N) is 1. The number of aromatic nitrogens is 1. The van der Waals surface area contributed by atoms with Crippen LogP contribution in [0, 0.1) is 0 Å². The summed E-state index contributed by atoms with van der Waals surface area (Å²) in [4.78, 5) is 0. The molecule has 0 atom stereocenters. The monoisotopic (exact) mass is 808 g/mol. The minimum atomic E-state index is -0.0763. The van der Waals surface area contributed by atoms with Crippen LogP contribution in [-0.4, -0.2) is 11.8 Å². The van der Waals surface area contributed by atoms with Crippen molar-refractivity contribution in [3.05, 3.63) is 149 Å². The highest BCUT2D eigenvalue weighted by atomic mass is 32.1. The zero-order valence-electron chi connectivity index (χ0n) is 37.0. The number of rotatable bonds is 3. The molecule has 9 aromatic rings. The van der Waals surface area contributed by atoms with Crippen LogP contribution in [-0.2, 0) is 21.7 Å². The van der Waals surface area contributed by atoms with E-state index in [1.54, 1.807) is 0 Å². The summed E-state index contributed by atoms with van der Waals surface area (Å²) in [7, 11) is 0.876. The molecular weight excluding hydrogens is 756 g/mol. The molecule has 0 bridgehead atoms. The fraction of sp³-hybridized carbons (Fsp3) is 0.263. The summed E-state index contributed by atoms with van der Waals surface area (Å²) in [6.45, 7) is 21.5. The first-order chi connectivity index (χ1) is 29.1. The summed E-state index contributed by atoms with van der Waals surface area (Å²) in [6, 6.07) is 47.3. The fourth-order valence-electron chi connectivity index (χ4n) is 11.5. The van der Waals surface area contributed by atoms with E-state index in [0.29, 0.717) is 0 Å². The minimum absolute atomic E-state index is 0.0744. The van der Waals surface area contributed by atoms with Crippen LogP contribution < -0.4 is 16.2 Å². The molecule has 300 valence electrons. The standard InChI is InChI=1S/C57H53BN2S/c1-54(2,3)32-18-20-33(21-19-32)59-47-31-45-44(55(4,5)24-25-56(45,6)7)26-39(47)36-22-23-37-40-29-51-41(35-15-11-13-17-50(35)61-51)28-48(40)60-49-27-38-34-14-10-12-16-42(34)57(8,9)43(38)30-46(49)58-52(36)53(37)60/h10-23,26-31,58-59H,24-25H2,1-9H3. The van der Waals surface area contributed by atoms with E-state index in [9.17, 15) is 0 Å². The zero-order chi connectivity index (χ0) is 42.0. The van der Waals surface area contributed by atoms with Gasteiger partial charge in [0.25, 0.3) is 0 Å². The zero-order valence-corrected chi connectivity index (χ0v) is 37.8. The lowest BCUT2D eigenvalue weighted by molar-refractivity contribution is 0.332. The molecule has 3 heterocycles. The highest BCUT2D eigenvalue weighted by molar-refractivity contribution is 7.25. The molecule has 1 aliphatic heterocycles. The predicted octanol–water partition coefficient (Wildman–Crippen LogP) is 14.2. The van der Waals surface area contributed by atoms with Gasteiger partial charge in [0.05, 0.1) is 5.52 Å². The van der Waals surface area contributed by atoms with E-state index in [1.165, 1.54) is 127 Å². The van der Waals surface area contributed by atoms with E-state index in [2.05, 4.69) is 194 Å². The van der Waals surface area contributed by atoms with E-state index in [1.807, 2.05) is 11.3 Å². The highest BCUT2D eigenvalue weighted by Crippen LogP contribution is 2.52. The molecule has 0 saturated carbocycles. The van der Waals surface area contributed by atoms with Crippen molar-refractivity contribution < 1.29 is 0 Å². The second-order valence-corrected chi connectivity index (χ2v) is 22.4. The van der Waals surface area contributed by atoms with Crippen molar-refractivity contribution in [2.45, 2.75) is 96.8 Å². The molecule has 4 heteroatoms. The van der Waals surface area contributed by atoms with E-state index < -0.39 is 0 Å². The Morgan fingerprint density at radius 2 is 1.30 bits per heavy atom. The van der Waals surface area contributed by atoms with Crippen molar-refractivity contribution in [1.29, 1.82) is 0 Å². The lowest BCUT2D eigenvalue weighted by Gasteiger charge is -2.42. The van der Waals surface area contributed by atoms with Gasteiger partial charge >= 0.3 is 0 Å². The first-order valence-electron chi connectivity index (χ1n) is 22.3. The summed E-state index contributed by atoms with van der Waals surface area (Å²) in [5, 5.41) is 9.39. The molecule has 7 aromatic carbocycles. The third-order valence-corrected chi connectivity index (χ3v) is 16.4. The van der Waals surface area contributed by atoms with E-state index in [0.717, 1.165) is 13.0 Å². The summed E-state index contributed by atoms with van der Waals surface area (Å²) in [6.07, 6.45) is 2.35. The SMILES string of the molecule is CC(C)(C)c1ccc(Nc2cc3c(cc2-c2ccc4c5cc6sc7ccccc7c6cc5n5c4c2Bc2cc4c(cc2-5)-c2ccccc2C4(C)C)C(C)(C)CCC3(C)C)cc1. The third kappa shape index (κ3) is 5.27. The smallest absolute Gasteiger partial charge is 0.198 e. The summed E-state index contributed by atoms with van der Waals surface area (Å²) < 4.78 is 5.36. The van der Waals surface area contributed by atoms with Crippen molar-refractivity contribution in [2.75, 3.05) is 5.32 Å². The largest absolute Gasteiger partial charge is 0.355 e. The molecule has 2 nitrogen and oxygen atoms in total. The Bertz CT molecular complexity index is 3360. The molecule has 0 spiro atoms. The number of fused-ring (bicyclic) bond motifs is 12. The molecule has 0 radical (unpaired) electrons. The number of thiophene rings is 1. The second kappa shape index (κ2) is 12.3. The van der Waals surface area contributed by atoms with Gasteiger partial charge in [-0.2, -0.15) is 0 Å². The van der Waals surface area contributed by atoms with Gasteiger partial charge in [0.15, 0.2) is 7.28 Å². The fourth-order valence-corrected chi connectivity index (χ4v) is 12.7. The van der Waals surface area contributed by atoms with Gasteiger partial charge < -0.3 is 9.88 Å². The molecule has 0 amide bonds. The minimum Gasteiger partial charge on any atom is -0.355 e. The van der Waals surface area contributed by atoms with Crippen LogP contribution in [0.1, 0.15) is 103 Å². The summed E-state index contributed by atoms with van der Waals surface area (Å²) >= 11 is 1.92. The third-order valence-electron chi connectivity index (χ3n) is 15.2. The Morgan fingerprint density at radius 3 is 2.07 bits per heavy atom. The van der Waals surface area contributed by atoms with Gasteiger partial charge in [0, 0.05) is 64.5 Å². The molecule has 61 heavy (non-hydrogen) atoms. The molecule has 1 N–H and O–H groups in total. The number of nitrogens with zero attached hydrogens (tertiary/aromatic N) is 1. The summed E-state index contributed by atoms with van der Waals surface area (Å²) in [5.74, 6) is 0. The van der Waals surface area contributed by atoms with Gasteiger partial charge in [-0.15, -0.1) is 11.3 Å². The van der Waals surface area contributed by atoms with E-state index in [-0.39, 0.29) is 21.7 Å². The lowest BCUT2D eigenvalue weighted by Crippen LogP contribution is -2.38. The number of benzene rings is 7. The molecule has 2 aliphatic carbocycles. The van der Waals surface area contributed by atoms with Crippen molar-refractivity contribution in [2.24, 2.45) is 0 Å². The number of hydrogen-bond donors (Lipinski definition) is 1. The van der Waals surface area contributed by atoms with Gasteiger partial charge in [-0.3, -0.25) is 0 Å². The molecule has 12 rings (SSSR count). The average Bonchev–Trinajstić information content (AvgIpc) is 3.84. The number of anilines is 2. The Kier molecular flexibility index (Phi) is 7.50. The van der Waals surface area contributed by atoms with Crippen LogP contribution in [0.5, 0.6) is 0 Å². The van der Waals surface area contributed by atoms with Gasteiger partial charge in [-0.1, -0.05) is 141 Å². The van der Waals surface area contributed by atoms with Crippen LogP contribution in [0.3, 0.4) is 0 Å². The average molecular weight is 809 g/mol. The van der Waals surface area contributed by atoms with Gasteiger partial charge in [0.1, 0.15) is 0 Å².